The molecule has 6 heteroatoms. The second-order valence-corrected chi connectivity index (χ2v) is 5.49. The summed E-state index contributed by atoms with van der Waals surface area (Å²) in [6.45, 7) is 1.92. The lowest BCUT2D eigenvalue weighted by Crippen LogP contribution is -2.37. The highest BCUT2D eigenvalue weighted by Gasteiger charge is 2.20. The number of hydrogen-bond acceptors (Lipinski definition) is 5. The lowest BCUT2D eigenvalue weighted by Gasteiger charge is -2.25. The van der Waals surface area contributed by atoms with Gasteiger partial charge in [-0.3, -0.25) is 4.68 Å². The van der Waals surface area contributed by atoms with E-state index < -0.39 is 0 Å². The van der Waals surface area contributed by atoms with E-state index in [4.69, 9.17) is 15.2 Å². The first-order chi connectivity index (χ1) is 10.7. The molecule has 1 atom stereocenters. The van der Waals surface area contributed by atoms with E-state index in [1.807, 2.05) is 25.2 Å². The van der Waals surface area contributed by atoms with Crippen LogP contribution in [0.5, 0.6) is 11.5 Å². The van der Waals surface area contributed by atoms with Gasteiger partial charge in [0.1, 0.15) is 11.9 Å². The van der Waals surface area contributed by atoms with Gasteiger partial charge in [-0.2, -0.15) is 5.10 Å². The highest BCUT2D eigenvalue weighted by Crippen LogP contribution is 2.40. The molecule has 0 radical (unpaired) electrons. The number of anilines is 1. The average Bonchev–Trinajstić information content (AvgIpc) is 2.88. The third-order valence-corrected chi connectivity index (χ3v) is 4.00. The van der Waals surface area contributed by atoms with Crippen molar-refractivity contribution in [1.82, 2.24) is 15.1 Å². The molecule has 1 aliphatic rings. The number of methoxy groups -OCH3 is 1. The number of nitrogen functional groups attached to an aromatic ring is 1. The van der Waals surface area contributed by atoms with Crippen LogP contribution in [0.25, 0.3) is 11.1 Å². The molecular formula is C16H22N4O2. The van der Waals surface area contributed by atoms with Gasteiger partial charge in [-0.15, -0.1) is 0 Å². The molecule has 0 bridgehead atoms. The number of ether oxygens (including phenoxy) is 2. The van der Waals surface area contributed by atoms with Gasteiger partial charge in [-0.25, -0.2) is 0 Å². The fraction of sp³-hybridized carbons (Fsp3) is 0.438. The van der Waals surface area contributed by atoms with E-state index in [1.165, 1.54) is 0 Å². The van der Waals surface area contributed by atoms with Crippen molar-refractivity contribution in [2.75, 3.05) is 25.9 Å². The third kappa shape index (κ3) is 2.74. The molecule has 3 N–H and O–H groups in total. The topological polar surface area (TPSA) is 74.3 Å². The molecule has 3 rings (SSSR count). The van der Waals surface area contributed by atoms with Gasteiger partial charge in [0.05, 0.1) is 13.3 Å². The van der Waals surface area contributed by atoms with Crippen molar-refractivity contribution >= 4 is 5.82 Å². The lowest BCUT2D eigenvalue weighted by atomic mass is 10.1. The summed E-state index contributed by atoms with van der Waals surface area (Å²) in [5, 5.41) is 7.55. The number of nitrogens with one attached hydrogen (secondary N) is 1. The number of benzene rings is 1. The van der Waals surface area contributed by atoms with E-state index in [2.05, 4.69) is 10.4 Å². The van der Waals surface area contributed by atoms with Crippen LogP contribution in [0.2, 0.25) is 0 Å². The smallest absolute Gasteiger partial charge is 0.168 e. The molecule has 0 amide bonds. The first-order valence-corrected chi connectivity index (χ1v) is 7.53. The van der Waals surface area contributed by atoms with Crippen LogP contribution >= 0.6 is 0 Å². The highest BCUT2D eigenvalue weighted by molar-refractivity contribution is 5.80. The highest BCUT2D eigenvalue weighted by atomic mass is 16.5. The van der Waals surface area contributed by atoms with Gasteiger partial charge in [0.25, 0.3) is 0 Å². The third-order valence-electron chi connectivity index (χ3n) is 4.00. The maximum absolute atomic E-state index is 6.13. The molecule has 6 nitrogen and oxygen atoms in total. The van der Waals surface area contributed by atoms with Crippen molar-refractivity contribution in [3.05, 3.63) is 24.4 Å². The molecule has 1 aromatic heterocycles. The fourth-order valence-electron chi connectivity index (χ4n) is 2.79. The lowest BCUT2D eigenvalue weighted by molar-refractivity contribution is 0.161. The summed E-state index contributed by atoms with van der Waals surface area (Å²) in [4.78, 5) is 0. The fourth-order valence-corrected chi connectivity index (χ4v) is 2.79. The van der Waals surface area contributed by atoms with Crippen LogP contribution in [-0.2, 0) is 7.05 Å². The number of hydrogen-bond donors (Lipinski definition) is 2. The molecule has 2 aromatic rings. The predicted octanol–water partition coefficient (Wildman–Crippen LogP) is 1.81. The normalized spacial score (nSPS) is 18.2. The molecule has 1 aliphatic heterocycles. The van der Waals surface area contributed by atoms with Crippen LogP contribution in [0.3, 0.4) is 0 Å². The zero-order valence-electron chi connectivity index (χ0n) is 13.0. The van der Waals surface area contributed by atoms with E-state index >= 15 is 0 Å². The maximum Gasteiger partial charge on any atom is 0.168 e. The second kappa shape index (κ2) is 6.27. The van der Waals surface area contributed by atoms with Crippen LogP contribution in [0.15, 0.2) is 24.4 Å². The van der Waals surface area contributed by atoms with Crippen LogP contribution < -0.4 is 20.5 Å². The molecule has 1 saturated heterocycles. The van der Waals surface area contributed by atoms with Crippen LogP contribution in [0.1, 0.15) is 12.8 Å². The van der Waals surface area contributed by atoms with Crippen molar-refractivity contribution in [1.29, 1.82) is 0 Å². The van der Waals surface area contributed by atoms with Crippen molar-refractivity contribution < 1.29 is 9.47 Å². The molecular weight excluding hydrogens is 280 g/mol. The number of nitrogens with zero attached hydrogens (tertiary/aromatic N) is 2. The summed E-state index contributed by atoms with van der Waals surface area (Å²) < 4.78 is 13.4. The van der Waals surface area contributed by atoms with Crippen molar-refractivity contribution in [3.8, 4) is 22.6 Å². The SMILES string of the molecule is COc1c(OC2CCCNC2)cccc1-c1cnn(C)c1N. The first kappa shape index (κ1) is 14.7. The minimum atomic E-state index is 0.171. The van der Waals surface area contributed by atoms with E-state index in [9.17, 15) is 0 Å². The molecule has 1 aromatic carbocycles. The van der Waals surface area contributed by atoms with E-state index in [1.54, 1.807) is 18.0 Å². The van der Waals surface area contributed by atoms with Gasteiger partial charge in [-0.1, -0.05) is 12.1 Å². The number of aromatic nitrogens is 2. The van der Waals surface area contributed by atoms with E-state index in [-0.39, 0.29) is 6.10 Å². The zero-order valence-corrected chi connectivity index (χ0v) is 13.0. The Morgan fingerprint density at radius 1 is 1.36 bits per heavy atom. The Labute approximate surface area is 130 Å². The van der Waals surface area contributed by atoms with E-state index in [0.29, 0.717) is 11.6 Å². The summed E-state index contributed by atoms with van der Waals surface area (Å²) in [6.07, 6.45) is 4.10. The number of rotatable bonds is 4. The van der Waals surface area contributed by atoms with Gasteiger partial charge in [0, 0.05) is 24.7 Å². The Hall–Kier alpha value is -2.21. The first-order valence-electron chi connectivity index (χ1n) is 7.53. The summed E-state index contributed by atoms with van der Waals surface area (Å²) in [7, 11) is 3.47. The molecule has 1 unspecified atom stereocenters. The van der Waals surface area contributed by atoms with Gasteiger partial charge >= 0.3 is 0 Å². The predicted molar refractivity (Wildman–Crippen MR) is 86.1 cm³/mol. The Morgan fingerprint density at radius 2 is 2.23 bits per heavy atom. The Balaban J connectivity index is 1.94. The molecule has 1 fully saturated rings. The van der Waals surface area contributed by atoms with E-state index in [0.717, 1.165) is 42.8 Å². The molecule has 22 heavy (non-hydrogen) atoms. The van der Waals surface area contributed by atoms with Crippen molar-refractivity contribution in [3.63, 3.8) is 0 Å². The summed E-state index contributed by atoms with van der Waals surface area (Å²) in [5.74, 6) is 2.06. The summed E-state index contributed by atoms with van der Waals surface area (Å²) >= 11 is 0. The molecule has 0 saturated carbocycles. The monoisotopic (exact) mass is 302 g/mol. The van der Waals surface area contributed by atoms with Gasteiger partial charge in [-0.05, 0) is 25.5 Å². The van der Waals surface area contributed by atoms with Gasteiger partial charge in [0.2, 0.25) is 0 Å². The number of para-hydroxylation sites is 1. The largest absolute Gasteiger partial charge is 0.492 e. The Morgan fingerprint density at radius 3 is 2.86 bits per heavy atom. The molecule has 0 aliphatic carbocycles. The molecule has 0 spiro atoms. The van der Waals surface area contributed by atoms with Crippen molar-refractivity contribution in [2.24, 2.45) is 7.05 Å². The van der Waals surface area contributed by atoms with Crippen LogP contribution in [0, 0.1) is 0 Å². The Kier molecular flexibility index (Phi) is 4.20. The summed E-state index contributed by atoms with van der Waals surface area (Å²) in [6, 6.07) is 5.86. The minimum Gasteiger partial charge on any atom is -0.492 e. The quantitative estimate of drug-likeness (QED) is 0.901. The number of aryl methyl sites for hydroxylation is 1. The van der Waals surface area contributed by atoms with Crippen molar-refractivity contribution in [2.45, 2.75) is 18.9 Å². The second-order valence-electron chi connectivity index (χ2n) is 5.49. The minimum absolute atomic E-state index is 0.171. The number of piperidine rings is 1. The van der Waals surface area contributed by atoms with Crippen LogP contribution in [-0.4, -0.2) is 36.1 Å². The average molecular weight is 302 g/mol. The van der Waals surface area contributed by atoms with Crippen LogP contribution in [0.4, 0.5) is 5.82 Å². The van der Waals surface area contributed by atoms with Gasteiger partial charge < -0.3 is 20.5 Å². The van der Waals surface area contributed by atoms with Gasteiger partial charge in [0.15, 0.2) is 11.5 Å². The number of nitrogens with two attached hydrogens (primary N) is 1. The molecule has 2 heterocycles. The molecule has 118 valence electrons. The summed E-state index contributed by atoms with van der Waals surface area (Å²) in [5.41, 5.74) is 7.84. The Bertz CT molecular complexity index is 648. The standard InChI is InChI=1S/C16H22N4O2/c1-20-16(17)13(10-19-20)12-6-3-7-14(15(12)21-2)22-11-5-4-8-18-9-11/h3,6-7,10-11,18H,4-5,8-9,17H2,1-2H3. The maximum atomic E-state index is 6.13. The zero-order chi connectivity index (χ0) is 15.5.